The Morgan fingerprint density at radius 3 is 2.62 bits per heavy atom. The van der Waals surface area contributed by atoms with E-state index in [1.807, 2.05) is 12.1 Å². The lowest BCUT2D eigenvalue weighted by atomic mass is 9.81. The molecule has 6 nitrogen and oxygen atoms in total. The molecule has 1 N–H and O–H groups in total. The third-order valence-electron chi connectivity index (χ3n) is 4.83. The lowest BCUT2D eigenvalue weighted by Crippen LogP contribution is -2.59. The number of benzene rings is 1. The Labute approximate surface area is 140 Å². The summed E-state index contributed by atoms with van der Waals surface area (Å²) in [7, 11) is 1.32. The molecule has 1 heterocycles. The van der Waals surface area contributed by atoms with Gasteiger partial charge in [0.05, 0.1) is 12.7 Å². The zero-order valence-electron chi connectivity index (χ0n) is 13.7. The summed E-state index contributed by atoms with van der Waals surface area (Å²) in [5.74, 6) is -1.38. The van der Waals surface area contributed by atoms with Crippen LogP contribution in [-0.4, -0.2) is 36.6 Å². The summed E-state index contributed by atoms with van der Waals surface area (Å²) in [6.07, 6.45) is 3.21. The van der Waals surface area contributed by atoms with Crippen LogP contribution >= 0.6 is 0 Å². The van der Waals surface area contributed by atoms with Gasteiger partial charge >= 0.3 is 11.9 Å². The van der Waals surface area contributed by atoms with E-state index in [1.54, 1.807) is 12.1 Å². The Balaban J connectivity index is 1.77. The topological polar surface area (TPSA) is 81.7 Å². The molecule has 0 bridgehead atoms. The number of rotatable bonds is 3. The van der Waals surface area contributed by atoms with Gasteiger partial charge in [-0.05, 0) is 24.5 Å². The van der Waals surface area contributed by atoms with Gasteiger partial charge in [-0.25, -0.2) is 9.59 Å². The first kappa shape index (κ1) is 16.5. The van der Waals surface area contributed by atoms with Crippen LogP contribution in [0.2, 0.25) is 0 Å². The summed E-state index contributed by atoms with van der Waals surface area (Å²) in [4.78, 5) is 36.9. The summed E-state index contributed by atoms with van der Waals surface area (Å²) in [6.45, 7) is 0. The summed E-state index contributed by atoms with van der Waals surface area (Å²) in [5.41, 5.74) is 0.263. The van der Waals surface area contributed by atoms with E-state index in [0.717, 1.165) is 24.8 Å². The fraction of sp³-hybridized carbons (Fsp3) is 0.500. The molecule has 1 fully saturated rings. The van der Waals surface area contributed by atoms with Crippen molar-refractivity contribution in [2.45, 2.75) is 50.2 Å². The number of carbonyl (C=O) groups excluding carboxylic acids is 3. The highest BCUT2D eigenvalue weighted by molar-refractivity contribution is 5.97. The number of nitrogens with one attached hydrogen (secondary N) is 1. The number of carbonyl (C=O) groups is 3. The number of hydrogen-bond donors (Lipinski definition) is 1. The van der Waals surface area contributed by atoms with E-state index in [9.17, 15) is 14.4 Å². The minimum atomic E-state index is -1.01. The Bertz CT molecular complexity index is 663. The van der Waals surface area contributed by atoms with E-state index in [1.165, 1.54) is 7.11 Å². The minimum absolute atomic E-state index is 0.311. The van der Waals surface area contributed by atoms with Crippen molar-refractivity contribution in [2.24, 2.45) is 0 Å². The van der Waals surface area contributed by atoms with Crippen molar-refractivity contribution >= 4 is 17.8 Å². The van der Waals surface area contributed by atoms with Crippen LogP contribution < -0.4 is 5.32 Å². The molecule has 1 saturated carbocycles. The molecular formula is C18H21NO5. The second-order valence-corrected chi connectivity index (χ2v) is 6.38. The molecule has 1 amide bonds. The van der Waals surface area contributed by atoms with Crippen molar-refractivity contribution in [3.8, 4) is 0 Å². The van der Waals surface area contributed by atoms with E-state index in [0.29, 0.717) is 24.8 Å². The van der Waals surface area contributed by atoms with Crippen molar-refractivity contribution in [3.63, 3.8) is 0 Å². The van der Waals surface area contributed by atoms with Crippen LogP contribution in [-0.2, 0) is 25.5 Å². The molecule has 1 aliphatic carbocycles. The second-order valence-electron chi connectivity index (χ2n) is 6.38. The summed E-state index contributed by atoms with van der Waals surface area (Å²) in [5, 5.41) is 2.81. The number of fused-ring (bicyclic) bond motifs is 1. The van der Waals surface area contributed by atoms with Crippen LogP contribution in [0.5, 0.6) is 0 Å². The molecule has 0 aromatic heterocycles. The number of ether oxygens (including phenoxy) is 2. The molecule has 2 aliphatic rings. The van der Waals surface area contributed by atoms with Crippen LogP contribution in [0.4, 0.5) is 0 Å². The van der Waals surface area contributed by atoms with Crippen molar-refractivity contribution in [1.82, 2.24) is 5.32 Å². The van der Waals surface area contributed by atoms with Gasteiger partial charge in [0.1, 0.15) is 5.54 Å². The molecule has 0 radical (unpaired) electrons. The molecular weight excluding hydrogens is 310 g/mol. The van der Waals surface area contributed by atoms with E-state index in [4.69, 9.17) is 9.47 Å². The maximum absolute atomic E-state index is 12.7. The molecule has 1 unspecified atom stereocenters. The Hall–Kier alpha value is -2.37. The Kier molecular flexibility index (Phi) is 4.55. The van der Waals surface area contributed by atoms with E-state index >= 15 is 0 Å². The van der Waals surface area contributed by atoms with Gasteiger partial charge in [0.25, 0.3) is 5.91 Å². The molecule has 0 spiro atoms. The highest BCUT2D eigenvalue weighted by Crippen LogP contribution is 2.30. The highest BCUT2D eigenvalue weighted by Gasteiger charge is 2.44. The normalized spacial score (nSPS) is 22.0. The Morgan fingerprint density at radius 1 is 1.21 bits per heavy atom. The van der Waals surface area contributed by atoms with E-state index in [2.05, 4.69) is 5.32 Å². The maximum atomic E-state index is 12.7. The first-order valence-corrected chi connectivity index (χ1v) is 8.25. The molecule has 3 rings (SSSR count). The first-order chi connectivity index (χ1) is 11.6. The number of hydrogen-bond acceptors (Lipinski definition) is 5. The molecule has 1 aromatic carbocycles. The molecule has 1 aromatic rings. The van der Waals surface area contributed by atoms with Gasteiger partial charge in [-0.1, -0.05) is 37.5 Å². The van der Waals surface area contributed by atoms with Crippen LogP contribution in [0.3, 0.4) is 0 Å². The number of esters is 2. The van der Waals surface area contributed by atoms with Gasteiger partial charge in [0.2, 0.25) is 0 Å². The average molecular weight is 331 g/mol. The summed E-state index contributed by atoms with van der Waals surface area (Å²) in [6, 6.07) is 7.08. The van der Waals surface area contributed by atoms with Gasteiger partial charge in [0.15, 0.2) is 6.10 Å². The van der Waals surface area contributed by atoms with Gasteiger partial charge in [-0.3, -0.25) is 4.79 Å². The predicted octanol–water partition coefficient (Wildman–Crippen LogP) is 1.76. The molecule has 6 heteroatoms. The molecule has 128 valence electrons. The van der Waals surface area contributed by atoms with Crippen molar-refractivity contribution < 1.29 is 23.9 Å². The molecule has 24 heavy (non-hydrogen) atoms. The molecule has 1 atom stereocenters. The van der Waals surface area contributed by atoms with Gasteiger partial charge < -0.3 is 14.8 Å². The van der Waals surface area contributed by atoms with E-state index in [-0.39, 0.29) is 0 Å². The third kappa shape index (κ3) is 3.00. The van der Waals surface area contributed by atoms with Gasteiger partial charge in [0, 0.05) is 6.42 Å². The first-order valence-electron chi connectivity index (χ1n) is 8.25. The SMILES string of the molecule is COC(=O)C1(NC(=O)C2Cc3ccccc3C(=O)O2)CCCCC1. The highest BCUT2D eigenvalue weighted by atomic mass is 16.6. The van der Waals surface area contributed by atoms with Crippen molar-refractivity contribution in [1.29, 1.82) is 0 Å². The average Bonchev–Trinajstić information content (AvgIpc) is 2.61. The maximum Gasteiger partial charge on any atom is 0.339 e. The standard InChI is InChI=1S/C18H21NO5/c1-23-17(22)18(9-5-2-6-10-18)19-15(20)14-11-12-7-3-4-8-13(12)16(21)24-14/h3-4,7-8,14H,2,5-6,9-11H2,1H3,(H,19,20). The minimum Gasteiger partial charge on any atom is -0.467 e. The molecule has 1 aliphatic heterocycles. The predicted molar refractivity (Wildman–Crippen MR) is 85.3 cm³/mol. The van der Waals surface area contributed by atoms with Crippen molar-refractivity contribution in [3.05, 3.63) is 35.4 Å². The number of cyclic esters (lactones) is 1. The number of amides is 1. The number of methoxy groups -OCH3 is 1. The fourth-order valence-corrected chi connectivity index (χ4v) is 3.52. The third-order valence-corrected chi connectivity index (χ3v) is 4.83. The van der Waals surface area contributed by atoms with Crippen LogP contribution in [0.25, 0.3) is 0 Å². The fourth-order valence-electron chi connectivity index (χ4n) is 3.52. The molecule has 0 saturated heterocycles. The van der Waals surface area contributed by atoms with Crippen molar-refractivity contribution in [2.75, 3.05) is 7.11 Å². The van der Waals surface area contributed by atoms with Crippen LogP contribution in [0, 0.1) is 0 Å². The monoisotopic (exact) mass is 331 g/mol. The summed E-state index contributed by atoms with van der Waals surface area (Å²) < 4.78 is 10.2. The smallest absolute Gasteiger partial charge is 0.339 e. The Morgan fingerprint density at radius 2 is 1.92 bits per heavy atom. The van der Waals surface area contributed by atoms with Crippen LogP contribution in [0.15, 0.2) is 24.3 Å². The van der Waals surface area contributed by atoms with Crippen LogP contribution in [0.1, 0.15) is 48.0 Å². The summed E-state index contributed by atoms with van der Waals surface area (Å²) >= 11 is 0. The zero-order valence-corrected chi connectivity index (χ0v) is 13.7. The van der Waals surface area contributed by atoms with Gasteiger partial charge in [-0.15, -0.1) is 0 Å². The zero-order chi connectivity index (χ0) is 17.2. The lowest BCUT2D eigenvalue weighted by Gasteiger charge is -2.36. The lowest BCUT2D eigenvalue weighted by molar-refractivity contribution is -0.154. The second kappa shape index (κ2) is 6.63. The van der Waals surface area contributed by atoms with Gasteiger partial charge in [-0.2, -0.15) is 0 Å². The quantitative estimate of drug-likeness (QED) is 0.854. The largest absolute Gasteiger partial charge is 0.467 e. The van der Waals surface area contributed by atoms with E-state index < -0.39 is 29.5 Å².